The van der Waals surface area contributed by atoms with Crippen LogP contribution in [0.1, 0.15) is 23.6 Å². The Morgan fingerprint density at radius 2 is 1.95 bits per heavy atom. The second-order valence-corrected chi connectivity index (χ2v) is 5.19. The maximum atomic E-state index is 5.86. The average molecular weight is 285 g/mol. The van der Waals surface area contributed by atoms with Crippen molar-refractivity contribution >= 4 is 22.9 Å². The predicted octanol–water partition coefficient (Wildman–Crippen LogP) is 3.05. The Morgan fingerprint density at radius 1 is 1.25 bits per heavy atom. The molecule has 0 fully saturated rings. The van der Waals surface area contributed by atoms with Crippen molar-refractivity contribution < 1.29 is 0 Å². The number of hydrogen-bond donors (Lipinski definition) is 1. The van der Waals surface area contributed by atoms with E-state index in [0.717, 1.165) is 29.9 Å². The first-order chi connectivity index (χ1) is 9.61. The number of thiocarbonyl (C=S) groups is 1. The highest BCUT2D eigenvalue weighted by molar-refractivity contribution is 7.80. The topological polar surface area (TPSA) is 42.2 Å². The van der Waals surface area contributed by atoms with Crippen molar-refractivity contribution in [3.8, 4) is 0 Å². The summed E-state index contributed by atoms with van der Waals surface area (Å²) < 4.78 is 0. The molecule has 0 aliphatic rings. The van der Waals surface area contributed by atoms with Gasteiger partial charge in [0.15, 0.2) is 0 Å². The van der Waals surface area contributed by atoms with E-state index in [1.807, 2.05) is 37.5 Å². The largest absolute Gasteiger partial charge is 0.389 e. The molecule has 0 atom stereocenters. The van der Waals surface area contributed by atoms with E-state index in [-0.39, 0.29) is 0 Å². The summed E-state index contributed by atoms with van der Waals surface area (Å²) in [5.41, 5.74) is 10.3. The molecule has 0 bridgehead atoms. The molecule has 2 N–H and O–H groups in total. The van der Waals surface area contributed by atoms with Gasteiger partial charge in [-0.15, -0.1) is 0 Å². The molecule has 1 aromatic heterocycles. The van der Waals surface area contributed by atoms with Crippen LogP contribution in [0.4, 0.5) is 5.69 Å². The van der Waals surface area contributed by atoms with Gasteiger partial charge in [0, 0.05) is 36.7 Å². The Kier molecular flexibility index (Phi) is 4.69. The van der Waals surface area contributed by atoms with Crippen LogP contribution in [0.3, 0.4) is 0 Å². The van der Waals surface area contributed by atoms with Gasteiger partial charge in [-0.1, -0.05) is 23.8 Å². The van der Waals surface area contributed by atoms with Gasteiger partial charge in [0.1, 0.15) is 4.99 Å². The second-order valence-electron chi connectivity index (χ2n) is 4.75. The van der Waals surface area contributed by atoms with Crippen LogP contribution < -0.4 is 10.6 Å². The first-order valence-corrected chi connectivity index (χ1v) is 7.07. The molecule has 0 saturated carbocycles. The molecular formula is C16H19N3S. The minimum atomic E-state index is 0.442. The molecule has 104 valence electrons. The van der Waals surface area contributed by atoms with E-state index >= 15 is 0 Å². The zero-order chi connectivity index (χ0) is 14.5. The Morgan fingerprint density at radius 3 is 2.55 bits per heavy atom. The maximum absolute atomic E-state index is 5.86. The molecule has 0 saturated heterocycles. The molecule has 0 amide bonds. The summed E-state index contributed by atoms with van der Waals surface area (Å²) >= 11 is 5.18. The van der Waals surface area contributed by atoms with Gasteiger partial charge in [0.05, 0.1) is 0 Å². The number of aryl methyl sites for hydroxylation is 1. The smallest absolute Gasteiger partial charge is 0.106 e. The summed E-state index contributed by atoms with van der Waals surface area (Å²) in [6.45, 7) is 5.88. The lowest BCUT2D eigenvalue weighted by atomic mass is 10.1. The Bertz CT molecular complexity index is 596. The van der Waals surface area contributed by atoms with E-state index in [9.17, 15) is 0 Å². The standard InChI is InChI=1S/C16H19N3S/c1-3-19(11-13-6-8-18-9-7-13)15-5-4-12(2)10-14(15)16(17)20/h4-10H,3,11H2,1-2H3,(H2,17,20). The van der Waals surface area contributed by atoms with Gasteiger partial charge in [-0.05, 0) is 43.7 Å². The van der Waals surface area contributed by atoms with Gasteiger partial charge in [-0.25, -0.2) is 0 Å². The van der Waals surface area contributed by atoms with Crippen LogP contribution in [0.25, 0.3) is 0 Å². The molecule has 0 radical (unpaired) electrons. The van der Waals surface area contributed by atoms with Crippen LogP contribution in [0, 0.1) is 6.92 Å². The van der Waals surface area contributed by atoms with E-state index < -0.39 is 0 Å². The molecule has 20 heavy (non-hydrogen) atoms. The highest BCUT2D eigenvalue weighted by atomic mass is 32.1. The highest BCUT2D eigenvalue weighted by Crippen LogP contribution is 2.23. The summed E-state index contributed by atoms with van der Waals surface area (Å²) in [5, 5.41) is 0. The quantitative estimate of drug-likeness (QED) is 0.857. The normalized spacial score (nSPS) is 10.3. The minimum absolute atomic E-state index is 0.442. The van der Waals surface area contributed by atoms with E-state index in [4.69, 9.17) is 18.0 Å². The number of nitrogens with two attached hydrogens (primary N) is 1. The molecule has 0 aliphatic heterocycles. The molecule has 2 aromatic rings. The molecular weight excluding hydrogens is 266 g/mol. The molecule has 0 unspecified atom stereocenters. The summed E-state index contributed by atoms with van der Waals surface area (Å²) in [6, 6.07) is 10.3. The third-order valence-electron chi connectivity index (χ3n) is 3.26. The molecule has 4 heteroatoms. The predicted molar refractivity (Wildman–Crippen MR) is 88.0 cm³/mol. The van der Waals surface area contributed by atoms with Gasteiger partial charge < -0.3 is 10.6 Å². The second kappa shape index (κ2) is 6.48. The van der Waals surface area contributed by atoms with Crippen LogP contribution in [-0.2, 0) is 6.54 Å². The fraction of sp³-hybridized carbons (Fsp3) is 0.250. The van der Waals surface area contributed by atoms with Crippen LogP contribution in [-0.4, -0.2) is 16.5 Å². The first-order valence-electron chi connectivity index (χ1n) is 6.66. The van der Waals surface area contributed by atoms with Gasteiger partial charge in [0.2, 0.25) is 0 Å². The molecule has 1 heterocycles. The zero-order valence-electron chi connectivity index (χ0n) is 11.8. The van der Waals surface area contributed by atoms with Crippen molar-refractivity contribution in [3.63, 3.8) is 0 Å². The van der Waals surface area contributed by atoms with Crippen molar-refractivity contribution in [1.29, 1.82) is 0 Å². The third-order valence-corrected chi connectivity index (χ3v) is 3.48. The number of nitrogens with zero attached hydrogens (tertiary/aromatic N) is 2. The lowest BCUT2D eigenvalue weighted by Gasteiger charge is -2.26. The van der Waals surface area contributed by atoms with Gasteiger partial charge in [-0.2, -0.15) is 0 Å². The van der Waals surface area contributed by atoms with Gasteiger partial charge in [-0.3, -0.25) is 4.98 Å². The van der Waals surface area contributed by atoms with Crippen molar-refractivity contribution in [2.75, 3.05) is 11.4 Å². The third kappa shape index (κ3) is 3.33. The van der Waals surface area contributed by atoms with Crippen LogP contribution in [0.5, 0.6) is 0 Å². The molecule has 3 nitrogen and oxygen atoms in total. The van der Waals surface area contributed by atoms with Gasteiger partial charge >= 0.3 is 0 Å². The summed E-state index contributed by atoms with van der Waals surface area (Å²) in [4.78, 5) is 6.76. The van der Waals surface area contributed by atoms with Crippen molar-refractivity contribution in [3.05, 3.63) is 59.4 Å². The lowest BCUT2D eigenvalue weighted by molar-refractivity contribution is 0.829. The van der Waals surface area contributed by atoms with Crippen LogP contribution in [0.15, 0.2) is 42.7 Å². The highest BCUT2D eigenvalue weighted by Gasteiger charge is 2.12. The maximum Gasteiger partial charge on any atom is 0.106 e. The number of aromatic nitrogens is 1. The molecule has 0 spiro atoms. The fourth-order valence-corrected chi connectivity index (χ4v) is 2.36. The Balaban J connectivity index is 2.34. The zero-order valence-corrected chi connectivity index (χ0v) is 12.7. The van der Waals surface area contributed by atoms with Crippen molar-refractivity contribution in [1.82, 2.24) is 4.98 Å². The van der Waals surface area contributed by atoms with E-state index in [0.29, 0.717) is 4.99 Å². The lowest BCUT2D eigenvalue weighted by Crippen LogP contribution is -2.25. The Labute approximate surface area is 125 Å². The molecule has 2 rings (SSSR count). The van der Waals surface area contributed by atoms with E-state index in [1.165, 1.54) is 5.56 Å². The number of rotatable bonds is 5. The van der Waals surface area contributed by atoms with E-state index in [1.54, 1.807) is 0 Å². The SMILES string of the molecule is CCN(Cc1ccncc1)c1ccc(C)cc1C(N)=S. The number of pyridine rings is 1. The Hall–Kier alpha value is -1.94. The van der Waals surface area contributed by atoms with Crippen LogP contribution >= 0.6 is 12.2 Å². The molecule has 1 aromatic carbocycles. The number of benzene rings is 1. The van der Waals surface area contributed by atoms with Gasteiger partial charge in [0.25, 0.3) is 0 Å². The first kappa shape index (κ1) is 14.5. The molecule has 0 aliphatic carbocycles. The van der Waals surface area contributed by atoms with Crippen molar-refractivity contribution in [2.24, 2.45) is 5.73 Å². The van der Waals surface area contributed by atoms with Crippen molar-refractivity contribution in [2.45, 2.75) is 20.4 Å². The average Bonchev–Trinajstić information content (AvgIpc) is 2.46. The van der Waals surface area contributed by atoms with Crippen LogP contribution in [0.2, 0.25) is 0 Å². The number of hydrogen-bond acceptors (Lipinski definition) is 3. The number of anilines is 1. The summed E-state index contributed by atoms with van der Waals surface area (Å²) in [6.07, 6.45) is 3.62. The fourth-order valence-electron chi connectivity index (χ4n) is 2.20. The van der Waals surface area contributed by atoms with E-state index in [2.05, 4.69) is 28.9 Å². The monoisotopic (exact) mass is 285 g/mol. The minimum Gasteiger partial charge on any atom is -0.389 e. The summed E-state index contributed by atoms with van der Waals surface area (Å²) in [5.74, 6) is 0. The summed E-state index contributed by atoms with van der Waals surface area (Å²) in [7, 11) is 0.